The van der Waals surface area contributed by atoms with Crippen LogP contribution in [0, 0.1) is 6.92 Å². The lowest BCUT2D eigenvalue weighted by atomic mass is 10.1. The third-order valence-electron chi connectivity index (χ3n) is 5.40. The second-order valence-electron chi connectivity index (χ2n) is 7.44. The van der Waals surface area contributed by atoms with Gasteiger partial charge in [-0.05, 0) is 49.1 Å². The van der Waals surface area contributed by atoms with E-state index in [1.165, 1.54) is 22.0 Å². The van der Waals surface area contributed by atoms with Crippen molar-refractivity contribution in [2.45, 2.75) is 39.2 Å². The van der Waals surface area contributed by atoms with Crippen molar-refractivity contribution in [3.8, 4) is 0 Å². The van der Waals surface area contributed by atoms with Crippen LogP contribution in [0.15, 0.2) is 48.7 Å². The summed E-state index contributed by atoms with van der Waals surface area (Å²) in [6.07, 6.45) is 4.70. The van der Waals surface area contributed by atoms with E-state index in [2.05, 4.69) is 53.6 Å². The van der Waals surface area contributed by atoms with Gasteiger partial charge in [-0.3, -0.25) is 4.79 Å². The normalized spacial score (nSPS) is 11.5. The summed E-state index contributed by atoms with van der Waals surface area (Å²) in [7, 11) is 2.09. The molecular weight excluding hydrogens is 350 g/mol. The fourth-order valence-electron chi connectivity index (χ4n) is 4.07. The molecule has 0 bridgehead atoms. The van der Waals surface area contributed by atoms with E-state index in [0.29, 0.717) is 6.42 Å². The fraction of sp³-hybridized carbons (Fsp3) is 0.304. The number of aryl methyl sites for hydroxylation is 3. The number of rotatable bonds is 7. The number of carbonyl (C=O) groups is 1. The van der Waals surface area contributed by atoms with Gasteiger partial charge < -0.3 is 14.2 Å². The first kappa shape index (κ1) is 18.3. The van der Waals surface area contributed by atoms with Crippen molar-refractivity contribution in [1.29, 1.82) is 0 Å². The van der Waals surface area contributed by atoms with Crippen molar-refractivity contribution in [3.63, 3.8) is 0 Å². The third-order valence-corrected chi connectivity index (χ3v) is 5.40. The average molecular weight is 375 g/mol. The number of carboxylic acid groups (broad SMARTS) is 1. The molecule has 0 amide bonds. The molecule has 0 spiro atoms. The van der Waals surface area contributed by atoms with Crippen molar-refractivity contribution in [2.75, 3.05) is 0 Å². The first-order valence-electron chi connectivity index (χ1n) is 9.74. The zero-order chi connectivity index (χ0) is 19.7. The van der Waals surface area contributed by atoms with E-state index in [4.69, 9.17) is 10.1 Å². The van der Waals surface area contributed by atoms with Crippen LogP contribution in [0.1, 0.15) is 36.2 Å². The molecule has 0 saturated carbocycles. The smallest absolute Gasteiger partial charge is 0.303 e. The van der Waals surface area contributed by atoms with Crippen molar-refractivity contribution in [3.05, 3.63) is 65.6 Å². The van der Waals surface area contributed by atoms with Gasteiger partial charge in [0.15, 0.2) is 0 Å². The molecular formula is C23H25N3O2. The van der Waals surface area contributed by atoms with Gasteiger partial charge in [-0.2, -0.15) is 0 Å². The number of aliphatic carboxylic acids is 1. The summed E-state index contributed by atoms with van der Waals surface area (Å²) in [4.78, 5) is 15.6. The molecule has 0 atom stereocenters. The highest BCUT2D eigenvalue weighted by molar-refractivity contribution is 5.87. The van der Waals surface area contributed by atoms with Crippen molar-refractivity contribution in [2.24, 2.45) is 7.05 Å². The Kier molecular flexibility index (Phi) is 4.90. The summed E-state index contributed by atoms with van der Waals surface area (Å²) in [6.45, 7) is 2.92. The molecule has 0 aliphatic carbocycles. The van der Waals surface area contributed by atoms with Crippen LogP contribution < -0.4 is 0 Å². The second-order valence-corrected chi connectivity index (χ2v) is 7.44. The van der Waals surface area contributed by atoms with Crippen LogP contribution in [0.2, 0.25) is 0 Å². The molecule has 5 heteroatoms. The lowest BCUT2D eigenvalue weighted by Crippen LogP contribution is -2.06. The van der Waals surface area contributed by atoms with E-state index in [1.54, 1.807) is 0 Å². The number of fused-ring (bicyclic) bond motifs is 2. The SMILES string of the molecule is Cc1cccc2c1c(Cn1c(CCCCC(=O)O)nc3ccccc31)cn2C. The number of imidazole rings is 1. The molecule has 0 fully saturated rings. The maximum Gasteiger partial charge on any atom is 0.303 e. The van der Waals surface area contributed by atoms with Gasteiger partial charge in [-0.25, -0.2) is 4.98 Å². The van der Waals surface area contributed by atoms with Crippen molar-refractivity contribution in [1.82, 2.24) is 14.1 Å². The highest BCUT2D eigenvalue weighted by Gasteiger charge is 2.15. The molecule has 4 rings (SSSR count). The van der Waals surface area contributed by atoms with Crippen LogP contribution in [0.5, 0.6) is 0 Å². The van der Waals surface area contributed by atoms with E-state index in [1.807, 2.05) is 18.2 Å². The average Bonchev–Trinajstić information content (AvgIpc) is 3.18. The number of aromatic nitrogens is 3. The molecule has 5 nitrogen and oxygen atoms in total. The zero-order valence-electron chi connectivity index (χ0n) is 16.4. The Hall–Kier alpha value is -3.08. The fourth-order valence-corrected chi connectivity index (χ4v) is 4.07. The van der Waals surface area contributed by atoms with Gasteiger partial charge in [0.05, 0.1) is 17.6 Å². The lowest BCUT2D eigenvalue weighted by Gasteiger charge is -2.10. The largest absolute Gasteiger partial charge is 0.481 e. The van der Waals surface area contributed by atoms with E-state index in [0.717, 1.165) is 36.2 Å². The van der Waals surface area contributed by atoms with E-state index in [-0.39, 0.29) is 6.42 Å². The summed E-state index contributed by atoms with van der Waals surface area (Å²) in [5.41, 5.74) is 5.92. The van der Waals surface area contributed by atoms with Gasteiger partial charge in [0.25, 0.3) is 0 Å². The minimum Gasteiger partial charge on any atom is -0.481 e. The first-order valence-corrected chi connectivity index (χ1v) is 9.74. The predicted molar refractivity (Wildman–Crippen MR) is 112 cm³/mol. The highest BCUT2D eigenvalue weighted by atomic mass is 16.4. The van der Waals surface area contributed by atoms with Gasteiger partial charge in [-0.1, -0.05) is 24.3 Å². The Morgan fingerprint density at radius 2 is 1.86 bits per heavy atom. The molecule has 2 heterocycles. The summed E-state index contributed by atoms with van der Waals surface area (Å²) in [5.74, 6) is 0.289. The van der Waals surface area contributed by atoms with Crippen LogP contribution in [0.25, 0.3) is 21.9 Å². The van der Waals surface area contributed by atoms with Gasteiger partial charge in [0.1, 0.15) is 5.82 Å². The molecule has 4 aromatic rings. The monoisotopic (exact) mass is 375 g/mol. The quantitative estimate of drug-likeness (QED) is 0.477. The van der Waals surface area contributed by atoms with E-state index in [9.17, 15) is 4.79 Å². The molecule has 1 N–H and O–H groups in total. The maximum absolute atomic E-state index is 10.8. The molecule has 0 aliphatic heterocycles. The molecule has 28 heavy (non-hydrogen) atoms. The Morgan fingerprint density at radius 3 is 2.68 bits per heavy atom. The van der Waals surface area contributed by atoms with Crippen LogP contribution in [0.4, 0.5) is 0 Å². The number of unbranched alkanes of at least 4 members (excludes halogenated alkanes) is 1. The number of hydrogen-bond acceptors (Lipinski definition) is 2. The standard InChI is InChI=1S/C23H25N3O2/c1-16-8-7-11-20-23(16)17(14-25(20)2)15-26-19-10-4-3-9-18(19)24-21(26)12-5-6-13-22(27)28/h3-4,7-11,14H,5-6,12-13,15H2,1-2H3,(H,27,28). The van der Waals surface area contributed by atoms with Gasteiger partial charge in [-0.15, -0.1) is 0 Å². The Labute approximate surface area is 164 Å². The summed E-state index contributed by atoms with van der Waals surface area (Å²) in [5, 5.41) is 10.2. The summed E-state index contributed by atoms with van der Waals surface area (Å²) < 4.78 is 4.47. The van der Waals surface area contributed by atoms with Gasteiger partial charge in [0, 0.05) is 37.0 Å². The molecule has 144 valence electrons. The Morgan fingerprint density at radius 1 is 1.07 bits per heavy atom. The molecule has 2 aromatic carbocycles. The number of nitrogens with zero attached hydrogens (tertiary/aromatic N) is 3. The maximum atomic E-state index is 10.8. The van der Waals surface area contributed by atoms with Crippen LogP contribution in [-0.4, -0.2) is 25.2 Å². The molecule has 2 aromatic heterocycles. The number of para-hydroxylation sites is 2. The third kappa shape index (κ3) is 3.40. The highest BCUT2D eigenvalue weighted by Crippen LogP contribution is 2.27. The van der Waals surface area contributed by atoms with Crippen LogP contribution in [0.3, 0.4) is 0 Å². The Balaban J connectivity index is 1.72. The van der Waals surface area contributed by atoms with Crippen molar-refractivity contribution >= 4 is 27.9 Å². The topological polar surface area (TPSA) is 60.1 Å². The van der Waals surface area contributed by atoms with E-state index >= 15 is 0 Å². The van der Waals surface area contributed by atoms with Gasteiger partial charge in [0.2, 0.25) is 0 Å². The minimum absolute atomic E-state index is 0.211. The molecule has 0 radical (unpaired) electrons. The first-order chi connectivity index (χ1) is 13.5. The van der Waals surface area contributed by atoms with Crippen LogP contribution in [-0.2, 0) is 24.8 Å². The second kappa shape index (κ2) is 7.50. The van der Waals surface area contributed by atoms with Gasteiger partial charge >= 0.3 is 5.97 Å². The Bertz CT molecular complexity index is 1150. The summed E-state index contributed by atoms with van der Waals surface area (Å²) >= 11 is 0. The van der Waals surface area contributed by atoms with E-state index < -0.39 is 5.97 Å². The molecule has 0 saturated heterocycles. The van der Waals surface area contributed by atoms with Crippen LogP contribution >= 0.6 is 0 Å². The number of carboxylic acids is 1. The van der Waals surface area contributed by atoms with Crippen molar-refractivity contribution < 1.29 is 9.90 Å². The molecule has 0 aliphatic rings. The lowest BCUT2D eigenvalue weighted by molar-refractivity contribution is -0.137. The summed E-state index contributed by atoms with van der Waals surface area (Å²) in [6, 6.07) is 14.6. The number of benzene rings is 2. The zero-order valence-corrected chi connectivity index (χ0v) is 16.4. The minimum atomic E-state index is -0.736. The predicted octanol–water partition coefficient (Wildman–Crippen LogP) is 4.68. The molecule has 0 unspecified atom stereocenters. The number of hydrogen-bond donors (Lipinski definition) is 1.